The summed E-state index contributed by atoms with van der Waals surface area (Å²) in [6, 6.07) is 5.47. The number of ether oxygens (including phenoxy) is 1. The highest BCUT2D eigenvalue weighted by molar-refractivity contribution is 5.84. The number of carbonyl (C=O) groups is 1. The molecule has 0 bridgehead atoms. The molecule has 1 unspecified atom stereocenters. The van der Waals surface area contributed by atoms with Gasteiger partial charge in [-0.15, -0.1) is 0 Å². The van der Waals surface area contributed by atoms with Crippen LogP contribution in [0.15, 0.2) is 18.2 Å². The van der Waals surface area contributed by atoms with Crippen molar-refractivity contribution in [2.75, 3.05) is 7.11 Å². The lowest BCUT2D eigenvalue weighted by Gasteiger charge is -2.09. The molecule has 0 amide bonds. The minimum absolute atomic E-state index is 0.143. The Kier molecular flexibility index (Phi) is 3.63. The van der Waals surface area contributed by atoms with E-state index in [0.29, 0.717) is 12.3 Å². The first-order valence-corrected chi connectivity index (χ1v) is 4.72. The van der Waals surface area contributed by atoms with Gasteiger partial charge < -0.3 is 4.74 Å². The quantitative estimate of drug-likeness (QED) is 0.735. The third-order valence-corrected chi connectivity index (χ3v) is 2.23. The van der Waals surface area contributed by atoms with Crippen LogP contribution < -0.4 is 4.74 Å². The lowest BCUT2D eigenvalue weighted by atomic mass is 10.0. The van der Waals surface area contributed by atoms with E-state index in [4.69, 9.17) is 4.74 Å². The van der Waals surface area contributed by atoms with Crippen molar-refractivity contribution in [1.29, 1.82) is 0 Å². The van der Waals surface area contributed by atoms with Crippen LogP contribution in [0.3, 0.4) is 0 Å². The van der Waals surface area contributed by atoms with E-state index < -0.39 is 0 Å². The van der Waals surface area contributed by atoms with Gasteiger partial charge in [-0.05, 0) is 13.0 Å². The van der Waals surface area contributed by atoms with Crippen molar-refractivity contribution in [3.8, 4) is 5.88 Å². The summed E-state index contributed by atoms with van der Waals surface area (Å²) < 4.78 is 5.00. The Morgan fingerprint density at radius 1 is 1.57 bits per heavy atom. The van der Waals surface area contributed by atoms with Crippen LogP contribution in [0.1, 0.15) is 31.9 Å². The molecule has 0 spiro atoms. The molecule has 1 heterocycles. The van der Waals surface area contributed by atoms with Crippen molar-refractivity contribution >= 4 is 5.78 Å². The van der Waals surface area contributed by atoms with Crippen LogP contribution in [0.4, 0.5) is 0 Å². The van der Waals surface area contributed by atoms with E-state index in [9.17, 15) is 4.79 Å². The first-order chi connectivity index (χ1) is 6.69. The molecule has 0 aliphatic rings. The molecule has 0 saturated heterocycles. The Labute approximate surface area is 84.1 Å². The number of aromatic nitrogens is 1. The molecule has 3 heteroatoms. The molecule has 0 radical (unpaired) electrons. The summed E-state index contributed by atoms with van der Waals surface area (Å²) in [6.07, 6.45) is 0.542. The Morgan fingerprint density at radius 2 is 2.29 bits per heavy atom. The molecular formula is C11H15NO2. The van der Waals surface area contributed by atoms with Gasteiger partial charge in [0.25, 0.3) is 0 Å². The number of methoxy groups -OCH3 is 1. The predicted molar refractivity (Wildman–Crippen MR) is 54.5 cm³/mol. The standard InChI is InChI=1S/C11H15NO2/c1-4-10(13)8(2)9-6-5-7-11(12-9)14-3/h5-8H,4H2,1-3H3. The van der Waals surface area contributed by atoms with Crippen molar-refractivity contribution in [3.05, 3.63) is 23.9 Å². The van der Waals surface area contributed by atoms with E-state index in [2.05, 4.69) is 4.98 Å². The van der Waals surface area contributed by atoms with Crippen LogP contribution in [0.2, 0.25) is 0 Å². The molecule has 3 nitrogen and oxygen atoms in total. The van der Waals surface area contributed by atoms with Gasteiger partial charge in [0.2, 0.25) is 5.88 Å². The number of rotatable bonds is 4. The van der Waals surface area contributed by atoms with Crippen LogP contribution in [0.5, 0.6) is 5.88 Å². The molecule has 1 rings (SSSR count). The Balaban J connectivity index is 2.89. The zero-order chi connectivity index (χ0) is 10.6. The number of ketones is 1. The van der Waals surface area contributed by atoms with Crippen LogP contribution in [0.25, 0.3) is 0 Å². The smallest absolute Gasteiger partial charge is 0.213 e. The molecule has 76 valence electrons. The highest BCUT2D eigenvalue weighted by atomic mass is 16.5. The van der Waals surface area contributed by atoms with Gasteiger partial charge in [-0.3, -0.25) is 4.79 Å². The summed E-state index contributed by atoms with van der Waals surface area (Å²) >= 11 is 0. The molecule has 0 aromatic carbocycles. The van der Waals surface area contributed by atoms with E-state index in [0.717, 1.165) is 5.69 Å². The average molecular weight is 193 g/mol. The fraction of sp³-hybridized carbons (Fsp3) is 0.455. The Hall–Kier alpha value is -1.38. The maximum atomic E-state index is 11.4. The molecule has 1 aromatic rings. The largest absolute Gasteiger partial charge is 0.481 e. The maximum Gasteiger partial charge on any atom is 0.213 e. The molecule has 0 aliphatic carbocycles. The number of hydrogen-bond donors (Lipinski definition) is 0. The van der Waals surface area contributed by atoms with E-state index >= 15 is 0 Å². The molecule has 0 N–H and O–H groups in total. The highest BCUT2D eigenvalue weighted by Crippen LogP contribution is 2.17. The van der Waals surface area contributed by atoms with Crippen LogP contribution in [-0.4, -0.2) is 17.9 Å². The van der Waals surface area contributed by atoms with Gasteiger partial charge in [0.05, 0.1) is 18.7 Å². The summed E-state index contributed by atoms with van der Waals surface area (Å²) in [5.41, 5.74) is 0.774. The number of carbonyl (C=O) groups excluding carboxylic acids is 1. The van der Waals surface area contributed by atoms with Gasteiger partial charge in [0, 0.05) is 12.5 Å². The summed E-state index contributed by atoms with van der Waals surface area (Å²) in [4.78, 5) is 15.6. The highest BCUT2D eigenvalue weighted by Gasteiger charge is 2.14. The third-order valence-electron chi connectivity index (χ3n) is 2.23. The minimum atomic E-state index is -0.143. The predicted octanol–water partition coefficient (Wildman–Crippen LogP) is 2.17. The summed E-state index contributed by atoms with van der Waals surface area (Å²) in [6.45, 7) is 3.73. The van der Waals surface area contributed by atoms with Gasteiger partial charge in [0.15, 0.2) is 0 Å². The number of hydrogen-bond acceptors (Lipinski definition) is 3. The first-order valence-electron chi connectivity index (χ1n) is 4.72. The first kappa shape index (κ1) is 10.7. The number of nitrogens with zero attached hydrogens (tertiary/aromatic N) is 1. The zero-order valence-corrected chi connectivity index (χ0v) is 8.78. The molecule has 0 saturated carbocycles. The number of Topliss-reactive ketones (excluding diaryl/α,β-unsaturated/α-hetero) is 1. The maximum absolute atomic E-state index is 11.4. The second-order valence-electron chi connectivity index (χ2n) is 3.15. The Bertz CT molecular complexity index is 323. The van der Waals surface area contributed by atoms with Crippen LogP contribution >= 0.6 is 0 Å². The third kappa shape index (κ3) is 2.31. The Morgan fingerprint density at radius 3 is 2.86 bits per heavy atom. The van der Waals surface area contributed by atoms with Crippen LogP contribution in [-0.2, 0) is 4.79 Å². The molecule has 0 fully saturated rings. The molecule has 14 heavy (non-hydrogen) atoms. The topological polar surface area (TPSA) is 39.2 Å². The lowest BCUT2D eigenvalue weighted by molar-refractivity contribution is -0.119. The van der Waals surface area contributed by atoms with E-state index in [-0.39, 0.29) is 11.7 Å². The molecule has 0 aliphatic heterocycles. The average Bonchev–Trinajstić information content (AvgIpc) is 2.27. The summed E-state index contributed by atoms with van der Waals surface area (Å²) in [5.74, 6) is 0.610. The van der Waals surface area contributed by atoms with Crippen molar-refractivity contribution in [1.82, 2.24) is 4.98 Å². The second kappa shape index (κ2) is 4.74. The van der Waals surface area contributed by atoms with E-state index in [1.54, 1.807) is 13.2 Å². The molecule has 1 aromatic heterocycles. The minimum Gasteiger partial charge on any atom is -0.481 e. The fourth-order valence-electron chi connectivity index (χ4n) is 1.26. The molecule has 1 atom stereocenters. The number of pyridine rings is 1. The van der Waals surface area contributed by atoms with Crippen molar-refractivity contribution in [2.45, 2.75) is 26.2 Å². The van der Waals surface area contributed by atoms with E-state index in [1.807, 2.05) is 26.0 Å². The van der Waals surface area contributed by atoms with Crippen LogP contribution in [0, 0.1) is 0 Å². The SMILES string of the molecule is CCC(=O)C(C)c1cccc(OC)n1. The normalized spacial score (nSPS) is 12.2. The van der Waals surface area contributed by atoms with Gasteiger partial charge in [0.1, 0.15) is 5.78 Å². The van der Waals surface area contributed by atoms with Gasteiger partial charge in [-0.2, -0.15) is 0 Å². The molecular weight excluding hydrogens is 178 g/mol. The van der Waals surface area contributed by atoms with Gasteiger partial charge >= 0.3 is 0 Å². The van der Waals surface area contributed by atoms with Gasteiger partial charge in [-0.25, -0.2) is 4.98 Å². The fourth-order valence-corrected chi connectivity index (χ4v) is 1.26. The lowest BCUT2D eigenvalue weighted by Crippen LogP contribution is -2.09. The monoisotopic (exact) mass is 193 g/mol. The van der Waals surface area contributed by atoms with Crippen molar-refractivity contribution in [3.63, 3.8) is 0 Å². The van der Waals surface area contributed by atoms with Crippen molar-refractivity contribution < 1.29 is 9.53 Å². The zero-order valence-electron chi connectivity index (χ0n) is 8.78. The summed E-state index contributed by atoms with van der Waals surface area (Å²) in [7, 11) is 1.57. The van der Waals surface area contributed by atoms with E-state index in [1.165, 1.54) is 0 Å². The van der Waals surface area contributed by atoms with Crippen molar-refractivity contribution in [2.24, 2.45) is 0 Å². The summed E-state index contributed by atoms with van der Waals surface area (Å²) in [5, 5.41) is 0. The van der Waals surface area contributed by atoms with Gasteiger partial charge in [-0.1, -0.05) is 13.0 Å². The second-order valence-corrected chi connectivity index (χ2v) is 3.15.